The molecule has 0 spiro atoms. The highest BCUT2D eigenvalue weighted by Crippen LogP contribution is 2.25. The molecule has 0 saturated heterocycles. The second-order valence-electron chi connectivity index (χ2n) is 9.05. The van der Waals surface area contributed by atoms with Gasteiger partial charge in [-0.3, -0.25) is 9.59 Å². The molecule has 0 bridgehead atoms. The second kappa shape index (κ2) is 10.4. The van der Waals surface area contributed by atoms with E-state index in [1.54, 1.807) is 18.9 Å². The predicted octanol–water partition coefficient (Wildman–Crippen LogP) is 4.56. The van der Waals surface area contributed by atoms with Gasteiger partial charge in [0.1, 0.15) is 17.5 Å². The molecule has 174 valence electrons. The van der Waals surface area contributed by atoms with E-state index < -0.39 is 11.6 Å². The van der Waals surface area contributed by atoms with E-state index >= 15 is 0 Å². The van der Waals surface area contributed by atoms with Crippen molar-refractivity contribution in [3.63, 3.8) is 0 Å². The molecule has 0 unspecified atom stereocenters. The molecular formula is C27H32N2O4. The van der Waals surface area contributed by atoms with E-state index in [1.807, 2.05) is 87.5 Å². The number of fused-ring (bicyclic) bond motifs is 1. The van der Waals surface area contributed by atoms with Crippen molar-refractivity contribution in [3.05, 3.63) is 72.3 Å². The van der Waals surface area contributed by atoms with E-state index in [-0.39, 0.29) is 25.0 Å². The Bertz CT molecular complexity index is 1100. The average molecular weight is 449 g/mol. The zero-order valence-electron chi connectivity index (χ0n) is 19.9. The van der Waals surface area contributed by atoms with Crippen LogP contribution in [0.25, 0.3) is 10.8 Å². The normalized spacial score (nSPS) is 12.2. The van der Waals surface area contributed by atoms with Crippen LogP contribution in [-0.2, 0) is 16.1 Å². The molecule has 1 atom stereocenters. The van der Waals surface area contributed by atoms with Gasteiger partial charge in [-0.25, -0.2) is 0 Å². The first kappa shape index (κ1) is 24.1. The smallest absolute Gasteiger partial charge is 0.261 e. The van der Waals surface area contributed by atoms with Crippen LogP contribution >= 0.6 is 0 Å². The molecule has 6 nitrogen and oxygen atoms in total. The van der Waals surface area contributed by atoms with Gasteiger partial charge in [-0.1, -0.05) is 48.5 Å². The van der Waals surface area contributed by atoms with Crippen LogP contribution in [0, 0.1) is 0 Å². The van der Waals surface area contributed by atoms with Gasteiger partial charge in [0.25, 0.3) is 5.91 Å². The third-order valence-corrected chi connectivity index (χ3v) is 5.28. The number of hydrogen-bond acceptors (Lipinski definition) is 4. The summed E-state index contributed by atoms with van der Waals surface area (Å²) < 4.78 is 11.1. The Morgan fingerprint density at radius 1 is 0.970 bits per heavy atom. The quantitative estimate of drug-likeness (QED) is 0.549. The third kappa shape index (κ3) is 6.48. The van der Waals surface area contributed by atoms with Gasteiger partial charge in [-0.2, -0.15) is 0 Å². The van der Waals surface area contributed by atoms with Crippen LogP contribution in [-0.4, -0.2) is 42.0 Å². The van der Waals surface area contributed by atoms with Crippen LogP contribution in [0.1, 0.15) is 33.3 Å². The Labute approximate surface area is 195 Å². The van der Waals surface area contributed by atoms with E-state index in [9.17, 15) is 9.59 Å². The molecule has 0 saturated carbocycles. The number of carbonyl (C=O) groups is 2. The van der Waals surface area contributed by atoms with Gasteiger partial charge >= 0.3 is 0 Å². The summed E-state index contributed by atoms with van der Waals surface area (Å²) in [6, 6.07) is 20.4. The summed E-state index contributed by atoms with van der Waals surface area (Å²) in [5.74, 6) is 0.886. The minimum absolute atomic E-state index is 0.169. The lowest BCUT2D eigenvalue weighted by molar-refractivity contribution is -0.142. The van der Waals surface area contributed by atoms with Crippen molar-refractivity contribution < 1.29 is 19.1 Å². The van der Waals surface area contributed by atoms with E-state index in [0.29, 0.717) is 5.75 Å². The fraction of sp³-hybridized carbons (Fsp3) is 0.333. The molecule has 1 N–H and O–H groups in total. The third-order valence-electron chi connectivity index (χ3n) is 5.28. The number of rotatable bonds is 8. The lowest BCUT2D eigenvalue weighted by atomic mass is 10.1. The molecule has 0 aliphatic rings. The van der Waals surface area contributed by atoms with Crippen LogP contribution in [0.3, 0.4) is 0 Å². The standard InChI is InChI=1S/C27H32N2O4/c1-19(26(31)28-27(2,3)4)29(17-20-13-15-22(32-5)16-14-20)25(30)18-33-24-12-8-10-21-9-6-7-11-23(21)24/h6-16,19H,17-18H2,1-5H3,(H,28,31)/t19-/m0/s1. The van der Waals surface area contributed by atoms with Crippen molar-refractivity contribution in [3.8, 4) is 11.5 Å². The van der Waals surface area contributed by atoms with Gasteiger partial charge in [0.15, 0.2) is 6.61 Å². The molecule has 0 heterocycles. The van der Waals surface area contributed by atoms with E-state index in [2.05, 4.69) is 5.32 Å². The summed E-state index contributed by atoms with van der Waals surface area (Å²) >= 11 is 0. The number of methoxy groups -OCH3 is 1. The molecule has 6 heteroatoms. The van der Waals surface area contributed by atoms with Crippen molar-refractivity contribution in [2.45, 2.75) is 45.8 Å². The summed E-state index contributed by atoms with van der Waals surface area (Å²) in [7, 11) is 1.61. The minimum Gasteiger partial charge on any atom is -0.497 e. The van der Waals surface area contributed by atoms with Crippen LogP contribution in [0.4, 0.5) is 0 Å². The van der Waals surface area contributed by atoms with Gasteiger partial charge in [0.05, 0.1) is 7.11 Å². The topological polar surface area (TPSA) is 67.9 Å². The highest BCUT2D eigenvalue weighted by molar-refractivity contribution is 5.90. The summed E-state index contributed by atoms with van der Waals surface area (Å²) in [5, 5.41) is 4.94. The first-order chi connectivity index (χ1) is 15.7. The average Bonchev–Trinajstić information content (AvgIpc) is 2.79. The molecule has 3 rings (SSSR count). The molecule has 0 aliphatic carbocycles. The maximum Gasteiger partial charge on any atom is 0.261 e. The number of hydrogen-bond donors (Lipinski definition) is 1. The summed E-state index contributed by atoms with van der Waals surface area (Å²) in [4.78, 5) is 27.7. The lowest BCUT2D eigenvalue weighted by Crippen LogP contribution is -2.53. The Morgan fingerprint density at radius 3 is 2.30 bits per heavy atom. The monoisotopic (exact) mass is 448 g/mol. The molecule has 0 aliphatic heterocycles. The van der Waals surface area contributed by atoms with Crippen LogP contribution in [0.15, 0.2) is 66.7 Å². The van der Waals surface area contributed by atoms with Crippen LogP contribution in [0.2, 0.25) is 0 Å². The van der Waals surface area contributed by atoms with E-state index in [4.69, 9.17) is 9.47 Å². The van der Waals surface area contributed by atoms with Gasteiger partial charge in [-0.05, 0) is 56.8 Å². The molecule has 0 fully saturated rings. The van der Waals surface area contributed by atoms with Crippen molar-refractivity contribution in [2.75, 3.05) is 13.7 Å². The Hall–Kier alpha value is -3.54. The zero-order valence-corrected chi connectivity index (χ0v) is 19.9. The second-order valence-corrected chi connectivity index (χ2v) is 9.05. The number of benzene rings is 3. The molecule has 3 aromatic carbocycles. The fourth-order valence-corrected chi connectivity index (χ4v) is 3.53. The largest absolute Gasteiger partial charge is 0.497 e. The number of nitrogens with one attached hydrogen (secondary N) is 1. The summed E-state index contributed by atoms with van der Waals surface area (Å²) in [6.07, 6.45) is 0. The van der Waals surface area contributed by atoms with Crippen LogP contribution < -0.4 is 14.8 Å². The molecule has 0 radical (unpaired) electrons. The van der Waals surface area contributed by atoms with Crippen molar-refractivity contribution in [2.24, 2.45) is 0 Å². The highest BCUT2D eigenvalue weighted by Gasteiger charge is 2.28. The minimum atomic E-state index is -0.671. The number of carbonyl (C=O) groups excluding carboxylic acids is 2. The summed E-state index contributed by atoms with van der Waals surface area (Å²) in [5.41, 5.74) is 0.490. The van der Waals surface area contributed by atoms with E-state index in [1.165, 1.54) is 0 Å². The van der Waals surface area contributed by atoms with E-state index in [0.717, 1.165) is 22.1 Å². The Balaban J connectivity index is 1.80. The molecule has 2 amide bonds. The zero-order chi connectivity index (χ0) is 24.0. The molecule has 3 aromatic rings. The lowest BCUT2D eigenvalue weighted by Gasteiger charge is -2.31. The molecule has 0 aromatic heterocycles. The molecular weight excluding hydrogens is 416 g/mol. The van der Waals surface area contributed by atoms with Gasteiger partial charge in [0.2, 0.25) is 5.91 Å². The predicted molar refractivity (Wildman–Crippen MR) is 130 cm³/mol. The molecule has 33 heavy (non-hydrogen) atoms. The van der Waals surface area contributed by atoms with Crippen LogP contribution in [0.5, 0.6) is 11.5 Å². The van der Waals surface area contributed by atoms with Crippen molar-refractivity contribution in [1.29, 1.82) is 0 Å². The maximum absolute atomic E-state index is 13.3. The Kier molecular flexibility index (Phi) is 7.59. The number of nitrogens with zero attached hydrogens (tertiary/aromatic N) is 1. The van der Waals surface area contributed by atoms with Gasteiger partial charge in [0, 0.05) is 17.5 Å². The van der Waals surface area contributed by atoms with Crippen molar-refractivity contribution in [1.82, 2.24) is 10.2 Å². The first-order valence-corrected chi connectivity index (χ1v) is 11.0. The summed E-state index contributed by atoms with van der Waals surface area (Å²) in [6.45, 7) is 7.59. The highest BCUT2D eigenvalue weighted by atomic mass is 16.5. The van der Waals surface area contributed by atoms with Gasteiger partial charge < -0.3 is 19.7 Å². The fourth-order valence-electron chi connectivity index (χ4n) is 3.53. The SMILES string of the molecule is COc1ccc(CN(C(=O)COc2cccc3ccccc23)[C@@H](C)C(=O)NC(C)(C)C)cc1. The van der Waals surface area contributed by atoms with Crippen molar-refractivity contribution >= 4 is 22.6 Å². The Morgan fingerprint density at radius 2 is 1.64 bits per heavy atom. The number of ether oxygens (including phenoxy) is 2. The first-order valence-electron chi connectivity index (χ1n) is 11.0. The maximum atomic E-state index is 13.3. The van der Waals surface area contributed by atoms with Gasteiger partial charge in [-0.15, -0.1) is 0 Å². The number of amides is 2.